The number of hydrogen-bond acceptors (Lipinski definition) is 4. The largest absolute Gasteiger partial charge is 0.335 e. The lowest BCUT2D eigenvalue weighted by atomic mass is 10.1. The lowest BCUT2D eigenvalue weighted by Crippen LogP contribution is -2.33. The Labute approximate surface area is 152 Å². The van der Waals surface area contributed by atoms with Gasteiger partial charge in [0.05, 0.1) is 12.1 Å². The van der Waals surface area contributed by atoms with E-state index in [0.717, 1.165) is 24.1 Å². The predicted molar refractivity (Wildman–Crippen MR) is 97.6 cm³/mol. The molecule has 1 fully saturated rings. The van der Waals surface area contributed by atoms with Gasteiger partial charge in [0.2, 0.25) is 5.91 Å². The fourth-order valence-corrected chi connectivity index (χ4v) is 3.14. The Bertz CT molecular complexity index is 885. The molecule has 0 unspecified atom stereocenters. The summed E-state index contributed by atoms with van der Waals surface area (Å²) in [5.74, 6) is 0.184. The fraction of sp³-hybridized carbons (Fsp3) is 0.300. The Hall–Kier alpha value is -3.02. The molecule has 4 rings (SSSR count). The van der Waals surface area contributed by atoms with Crippen LogP contribution in [0.4, 0.5) is 0 Å². The van der Waals surface area contributed by atoms with Crippen molar-refractivity contribution >= 4 is 5.91 Å². The molecule has 1 heterocycles. The van der Waals surface area contributed by atoms with Crippen molar-refractivity contribution in [2.24, 2.45) is 0 Å². The summed E-state index contributed by atoms with van der Waals surface area (Å²) in [5.41, 5.74) is 4.30. The summed E-state index contributed by atoms with van der Waals surface area (Å²) in [6, 6.07) is 16.6. The predicted octanol–water partition coefficient (Wildman–Crippen LogP) is 2.70. The Balaban J connectivity index is 1.45. The van der Waals surface area contributed by atoms with Crippen molar-refractivity contribution in [3.63, 3.8) is 0 Å². The fourth-order valence-electron chi connectivity index (χ4n) is 3.14. The van der Waals surface area contributed by atoms with E-state index < -0.39 is 0 Å². The van der Waals surface area contributed by atoms with E-state index in [0.29, 0.717) is 19.0 Å². The van der Waals surface area contributed by atoms with Gasteiger partial charge in [0.15, 0.2) is 0 Å². The van der Waals surface area contributed by atoms with Crippen molar-refractivity contribution in [2.45, 2.75) is 38.8 Å². The van der Waals surface area contributed by atoms with Crippen LogP contribution in [0.5, 0.6) is 0 Å². The zero-order chi connectivity index (χ0) is 17.9. The van der Waals surface area contributed by atoms with Crippen LogP contribution >= 0.6 is 0 Å². The minimum Gasteiger partial charge on any atom is -0.335 e. The summed E-state index contributed by atoms with van der Waals surface area (Å²) >= 11 is 0. The summed E-state index contributed by atoms with van der Waals surface area (Å²) in [6.07, 6.45) is 4.18. The average molecular weight is 347 g/mol. The van der Waals surface area contributed by atoms with Gasteiger partial charge in [-0.25, -0.2) is 4.68 Å². The number of tetrazole rings is 1. The Morgan fingerprint density at radius 2 is 1.96 bits per heavy atom. The number of benzene rings is 2. The van der Waals surface area contributed by atoms with Gasteiger partial charge in [0.1, 0.15) is 6.33 Å². The van der Waals surface area contributed by atoms with Crippen molar-refractivity contribution < 1.29 is 4.79 Å². The van der Waals surface area contributed by atoms with Crippen LogP contribution in [-0.2, 0) is 17.8 Å². The van der Waals surface area contributed by atoms with Gasteiger partial charge in [0.25, 0.3) is 0 Å². The van der Waals surface area contributed by atoms with Crippen LogP contribution < -0.4 is 0 Å². The monoisotopic (exact) mass is 347 g/mol. The molecule has 0 atom stereocenters. The third-order valence-corrected chi connectivity index (χ3v) is 4.65. The highest BCUT2D eigenvalue weighted by atomic mass is 16.2. The van der Waals surface area contributed by atoms with E-state index in [2.05, 4.69) is 46.7 Å². The van der Waals surface area contributed by atoms with Gasteiger partial charge >= 0.3 is 0 Å². The maximum absolute atomic E-state index is 12.9. The van der Waals surface area contributed by atoms with Crippen LogP contribution in [0, 0.1) is 6.92 Å². The quantitative estimate of drug-likeness (QED) is 0.688. The molecule has 26 heavy (non-hydrogen) atoms. The van der Waals surface area contributed by atoms with Crippen molar-refractivity contribution in [1.29, 1.82) is 0 Å². The molecule has 0 N–H and O–H groups in total. The van der Waals surface area contributed by atoms with Gasteiger partial charge in [0, 0.05) is 12.6 Å². The minimum atomic E-state index is 0.184. The van der Waals surface area contributed by atoms with E-state index >= 15 is 0 Å². The zero-order valence-electron chi connectivity index (χ0n) is 14.7. The molecule has 1 amide bonds. The van der Waals surface area contributed by atoms with Crippen molar-refractivity contribution in [2.75, 3.05) is 0 Å². The molecule has 0 bridgehead atoms. The molecule has 1 aliphatic rings. The molecule has 1 saturated carbocycles. The zero-order valence-corrected chi connectivity index (χ0v) is 14.7. The molecule has 1 aromatic heterocycles. The van der Waals surface area contributed by atoms with Gasteiger partial charge < -0.3 is 4.90 Å². The number of aromatic nitrogens is 4. The highest BCUT2D eigenvalue weighted by Gasteiger charge is 2.32. The summed E-state index contributed by atoms with van der Waals surface area (Å²) in [6.45, 7) is 2.77. The molecule has 132 valence electrons. The molecule has 0 saturated heterocycles. The average Bonchev–Trinajstić information content (AvgIpc) is 3.33. The highest BCUT2D eigenvalue weighted by Crippen LogP contribution is 2.29. The second kappa shape index (κ2) is 7.07. The molecule has 6 heteroatoms. The van der Waals surface area contributed by atoms with Gasteiger partial charge in [-0.2, -0.15) is 0 Å². The molecule has 1 aliphatic carbocycles. The van der Waals surface area contributed by atoms with E-state index in [1.54, 1.807) is 11.0 Å². The van der Waals surface area contributed by atoms with Crippen molar-refractivity contribution in [3.8, 4) is 5.69 Å². The first-order valence-electron chi connectivity index (χ1n) is 8.86. The number of rotatable bonds is 6. The lowest BCUT2D eigenvalue weighted by molar-refractivity contribution is -0.131. The summed E-state index contributed by atoms with van der Waals surface area (Å²) < 4.78 is 1.60. The lowest BCUT2D eigenvalue weighted by Gasteiger charge is -2.23. The number of aryl methyl sites for hydroxylation is 1. The Morgan fingerprint density at radius 3 is 2.62 bits per heavy atom. The van der Waals surface area contributed by atoms with Crippen molar-refractivity contribution in [3.05, 3.63) is 71.5 Å². The number of amides is 1. The number of nitrogens with zero attached hydrogens (tertiary/aromatic N) is 5. The molecular weight excluding hydrogens is 326 g/mol. The summed E-state index contributed by atoms with van der Waals surface area (Å²) in [7, 11) is 0. The van der Waals surface area contributed by atoms with Gasteiger partial charge in [-0.1, -0.05) is 42.0 Å². The standard InChI is InChI=1S/C20H21N5O/c1-15-3-2-4-17(11-15)13-24(18-9-10-18)20(26)12-16-5-7-19(8-6-16)25-14-21-22-23-25/h2-8,11,14,18H,9-10,12-13H2,1H3. The highest BCUT2D eigenvalue weighted by molar-refractivity contribution is 5.79. The Morgan fingerprint density at radius 1 is 1.15 bits per heavy atom. The molecule has 0 aliphatic heterocycles. The summed E-state index contributed by atoms with van der Waals surface area (Å²) in [5, 5.41) is 11.1. The van der Waals surface area contributed by atoms with Gasteiger partial charge in [-0.05, 0) is 53.5 Å². The molecular formula is C20H21N5O. The van der Waals surface area contributed by atoms with E-state index in [4.69, 9.17) is 0 Å². The van der Waals surface area contributed by atoms with Crippen LogP contribution in [0.3, 0.4) is 0 Å². The van der Waals surface area contributed by atoms with Crippen molar-refractivity contribution in [1.82, 2.24) is 25.1 Å². The molecule has 0 radical (unpaired) electrons. The normalized spacial score (nSPS) is 13.6. The maximum Gasteiger partial charge on any atom is 0.227 e. The third-order valence-electron chi connectivity index (χ3n) is 4.65. The van der Waals surface area contributed by atoms with E-state index in [1.165, 1.54) is 11.1 Å². The first-order chi connectivity index (χ1) is 12.7. The number of carbonyl (C=O) groups is 1. The minimum absolute atomic E-state index is 0.184. The van der Waals surface area contributed by atoms with Crippen LogP contribution in [0.1, 0.15) is 29.5 Å². The van der Waals surface area contributed by atoms with E-state index in [1.807, 2.05) is 29.2 Å². The van der Waals surface area contributed by atoms with Crippen LogP contribution in [0.15, 0.2) is 54.9 Å². The van der Waals surface area contributed by atoms with Gasteiger partial charge in [-0.15, -0.1) is 5.10 Å². The first kappa shape index (κ1) is 16.4. The van der Waals surface area contributed by atoms with E-state index in [9.17, 15) is 4.79 Å². The SMILES string of the molecule is Cc1cccc(CN(C(=O)Cc2ccc(-n3cnnn3)cc2)C2CC2)c1. The molecule has 0 spiro atoms. The first-order valence-corrected chi connectivity index (χ1v) is 8.86. The topological polar surface area (TPSA) is 63.9 Å². The molecule has 3 aromatic rings. The maximum atomic E-state index is 12.9. The second-order valence-corrected chi connectivity index (χ2v) is 6.84. The smallest absolute Gasteiger partial charge is 0.227 e. The Kier molecular flexibility index (Phi) is 4.48. The van der Waals surface area contributed by atoms with Gasteiger partial charge in [-0.3, -0.25) is 4.79 Å². The third kappa shape index (κ3) is 3.79. The summed E-state index contributed by atoms with van der Waals surface area (Å²) in [4.78, 5) is 14.9. The second-order valence-electron chi connectivity index (χ2n) is 6.84. The number of carbonyl (C=O) groups excluding carboxylic acids is 1. The molecule has 6 nitrogen and oxygen atoms in total. The van der Waals surface area contributed by atoms with E-state index in [-0.39, 0.29) is 5.91 Å². The molecule has 2 aromatic carbocycles. The van der Waals surface area contributed by atoms with Crippen LogP contribution in [-0.4, -0.2) is 37.1 Å². The van der Waals surface area contributed by atoms with Crippen LogP contribution in [0.2, 0.25) is 0 Å². The number of hydrogen-bond donors (Lipinski definition) is 0. The van der Waals surface area contributed by atoms with Crippen LogP contribution in [0.25, 0.3) is 5.69 Å².